The molecule has 7 heteroatoms. The lowest BCUT2D eigenvalue weighted by molar-refractivity contribution is -0.157. The van der Waals surface area contributed by atoms with Crippen LogP contribution in [0.2, 0.25) is 0 Å². The fourth-order valence-electron chi connectivity index (χ4n) is 1.66. The number of amides is 1. The van der Waals surface area contributed by atoms with Crippen LogP contribution >= 0.6 is 0 Å². The molecule has 0 spiro atoms. The summed E-state index contributed by atoms with van der Waals surface area (Å²) in [7, 11) is 1.21. The van der Waals surface area contributed by atoms with Gasteiger partial charge in [-0.15, -0.1) is 0 Å². The first-order chi connectivity index (χ1) is 7.47. The highest BCUT2D eigenvalue weighted by Crippen LogP contribution is 2.16. The molecule has 4 N–H and O–H groups in total. The number of aliphatic hydroxyl groups is 2. The molecule has 16 heavy (non-hydrogen) atoms. The van der Waals surface area contributed by atoms with Gasteiger partial charge in [0.05, 0.1) is 19.1 Å². The van der Waals surface area contributed by atoms with Gasteiger partial charge in [0.15, 0.2) is 0 Å². The summed E-state index contributed by atoms with van der Waals surface area (Å²) in [5.74, 6) is -1.76. The summed E-state index contributed by atoms with van der Waals surface area (Å²) >= 11 is 0. The van der Waals surface area contributed by atoms with E-state index in [2.05, 4.69) is 15.4 Å². The van der Waals surface area contributed by atoms with Gasteiger partial charge in [0.2, 0.25) is 5.91 Å². The average molecular weight is 232 g/mol. The summed E-state index contributed by atoms with van der Waals surface area (Å²) in [6, 6.07) is 0. The van der Waals surface area contributed by atoms with Crippen molar-refractivity contribution in [2.75, 3.05) is 13.7 Å². The van der Waals surface area contributed by atoms with Crippen molar-refractivity contribution >= 4 is 11.9 Å². The van der Waals surface area contributed by atoms with Crippen LogP contribution in [0.4, 0.5) is 0 Å². The van der Waals surface area contributed by atoms with Crippen molar-refractivity contribution in [3.63, 3.8) is 0 Å². The van der Waals surface area contributed by atoms with Crippen LogP contribution in [0.15, 0.2) is 0 Å². The molecule has 1 aliphatic heterocycles. The molecule has 1 heterocycles. The molecule has 1 saturated heterocycles. The van der Waals surface area contributed by atoms with Crippen LogP contribution in [0, 0.1) is 5.92 Å². The summed E-state index contributed by atoms with van der Waals surface area (Å²) in [6.45, 7) is 1.43. The predicted molar refractivity (Wildman–Crippen MR) is 53.1 cm³/mol. The zero-order chi connectivity index (χ0) is 12.3. The van der Waals surface area contributed by atoms with Gasteiger partial charge in [-0.05, 0) is 0 Å². The van der Waals surface area contributed by atoms with E-state index in [9.17, 15) is 19.8 Å². The Morgan fingerprint density at radius 3 is 2.50 bits per heavy atom. The van der Waals surface area contributed by atoms with Crippen molar-refractivity contribution in [2.45, 2.75) is 25.3 Å². The Kier molecular flexibility index (Phi) is 4.22. The van der Waals surface area contributed by atoms with Gasteiger partial charge in [-0.3, -0.25) is 14.9 Å². The Morgan fingerprint density at radius 2 is 2.00 bits per heavy atom. The minimum atomic E-state index is -1.26. The van der Waals surface area contributed by atoms with Gasteiger partial charge in [0.1, 0.15) is 12.3 Å². The number of esters is 1. The van der Waals surface area contributed by atoms with E-state index in [0.717, 1.165) is 0 Å². The van der Waals surface area contributed by atoms with Crippen molar-refractivity contribution in [1.82, 2.24) is 10.6 Å². The molecule has 0 radical (unpaired) electrons. The van der Waals surface area contributed by atoms with Gasteiger partial charge in [-0.25, -0.2) is 0 Å². The number of piperidine rings is 1. The van der Waals surface area contributed by atoms with Crippen LogP contribution in [0.5, 0.6) is 0 Å². The quantitative estimate of drug-likeness (QED) is 0.394. The minimum Gasteiger partial charge on any atom is -0.469 e. The SMILES string of the molecule is COC(=O)[C@H]1CN[C@H](NC(C)=O)[C@@H](O)[C@H]1O. The number of carbonyl (C=O) groups is 2. The molecule has 1 fully saturated rings. The highest BCUT2D eigenvalue weighted by Gasteiger charge is 2.41. The molecule has 1 amide bonds. The maximum Gasteiger partial charge on any atom is 0.312 e. The van der Waals surface area contributed by atoms with Crippen molar-refractivity contribution in [2.24, 2.45) is 5.92 Å². The minimum absolute atomic E-state index is 0.135. The molecule has 0 unspecified atom stereocenters. The Labute approximate surface area is 92.8 Å². The standard InChI is InChI=1S/C9H16N2O5/c1-4(12)11-8-7(14)6(13)5(3-10-8)9(15)16-2/h5-8,10,13-14H,3H2,1-2H3,(H,11,12)/t5-,6-,7-,8+/m0/s1. The predicted octanol–water partition coefficient (Wildman–Crippen LogP) is -2.44. The van der Waals surface area contributed by atoms with Gasteiger partial charge in [0.25, 0.3) is 0 Å². The van der Waals surface area contributed by atoms with Crippen LogP contribution in [-0.2, 0) is 14.3 Å². The summed E-state index contributed by atoms with van der Waals surface area (Å²) in [6.07, 6.45) is -3.26. The van der Waals surface area contributed by atoms with E-state index in [-0.39, 0.29) is 12.5 Å². The van der Waals surface area contributed by atoms with Crippen molar-refractivity contribution in [3.8, 4) is 0 Å². The Balaban J connectivity index is 2.64. The second-order valence-electron chi connectivity index (χ2n) is 3.70. The molecule has 1 rings (SSSR count). The smallest absolute Gasteiger partial charge is 0.312 e. The number of aliphatic hydroxyl groups excluding tert-OH is 2. The molecule has 1 aliphatic rings. The number of hydrogen-bond donors (Lipinski definition) is 4. The number of rotatable bonds is 2. The number of methoxy groups -OCH3 is 1. The highest BCUT2D eigenvalue weighted by molar-refractivity contribution is 5.74. The van der Waals surface area contributed by atoms with Gasteiger partial charge < -0.3 is 20.3 Å². The second-order valence-corrected chi connectivity index (χ2v) is 3.70. The molecule has 0 aromatic rings. The number of hydrogen-bond acceptors (Lipinski definition) is 6. The molecule has 7 nitrogen and oxygen atoms in total. The zero-order valence-electron chi connectivity index (χ0n) is 9.14. The van der Waals surface area contributed by atoms with E-state index in [1.807, 2.05) is 0 Å². The summed E-state index contributed by atoms with van der Waals surface area (Å²) in [5.41, 5.74) is 0. The largest absolute Gasteiger partial charge is 0.469 e. The first-order valence-corrected chi connectivity index (χ1v) is 4.91. The Hall–Kier alpha value is -1.18. The van der Waals surface area contributed by atoms with Crippen LogP contribution in [0.3, 0.4) is 0 Å². The number of carbonyl (C=O) groups excluding carboxylic acids is 2. The van der Waals surface area contributed by atoms with Crippen LogP contribution in [0.1, 0.15) is 6.92 Å². The third-order valence-corrected chi connectivity index (χ3v) is 2.52. The normalized spacial score (nSPS) is 34.2. The van der Waals surface area contributed by atoms with E-state index in [1.165, 1.54) is 14.0 Å². The first-order valence-electron chi connectivity index (χ1n) is 4.91. The Morgan fingerprint density at radius 1 is 1.38 bits per heavy atom. The van der Waals surface area contributed by atoms with Crippen molar-refractivity contribution in [1.29, 1.82) is 0 Å². The van der Waals surface area contributed by atoms with Gasteiger partial charge in [0, 0.05) is 13.5 Å². The third-order valence-electron chi connectivity index (χ3n) is 2.52. The Bertz CT molecular complexity index is 283. The monoisotopic (exact) mass is 232 g/mol. The molecule has 92 valence electrons. The lowest BCUT2D eigenvalue weighted by Crippen LogP contribution is -2.64. The molecule has 0 aromatic heterocycles. The summed E-state index contributed by atoms with van der Waals surface area (Å²) in [4.78, 5) is 22.0. The third kappa shape index (κ3) is 2.69. The zero-order valence-corrected chi connectivity index (χ0v) is 9.14. The fraction of sp³-hybridized carbons (Fsp3) is 0.778. The summed E-state index contributed by atoms with van der Waals surface area (Å²) in [5, 5.41) is 24.5. The molecule has 0 aliphatic carbocycles. The van der Waals surface area contributed by atoms with E-state index in [4.69, 9.17) is 0 Å². The van der Waals surface area contributed by atoms with E-state index >= 15 is 0 Å². The lowest BCUT2D eigenvalue weighted by atomic mass is 9.92. The average Bonchev–Trinajstić information content (AvgIpc) is 2.23. The second kappa shape index (κ2) is 5.24. The molecule has 0 bridgehead atoms. The maximum atomic E-state index is 11.2. The van der Waals surface area contributed by atoms with Crippen LogP contribution in [0.25, 0.3) is 0 Å². The van der Waals surface area contributed by atoms with Crippen molar-refractivity contribution in [3.05, 3.63) is 0 Å². The van der Waals surface area contributed by atoms with Crippen LogP contribution in [-0.4, -0.2) is 54.1 Å². The van der Waals surface area contributed by atoms with Crippen molar-refractivity contribution < 1.29 is 24.5 Å². The van der Waals surface area contributed by atoms with E-state index in [1.54, 1.807) is 0 Å². The maximum absolute atomic E-state index is 11.2. The highest BCUT2D eigenvalue weighted by atomic mass is 16.5. The molecular weight excluding hydrogens is 216 g/mol. The number of ether oxygens (including phenoxy) is 1. The first kappa shape index (κ1) is 12.9. The lowest BCUT2D eigenvalue weighted by Gasteiger charge is -2.37. The number of nitrogens with one attached hydrogen (secondary N) is 2. The molecular formula is C9H16N2O5. The summed E-state index contributed by atoms with van der Waals surface area (Å²) < 4.78 is 4.49. The fourth-order valence-corrected chi connectivity index (χ4v) is 1.66. The van der Waals surface area contributed by atoms with Crippen LogP contribution < -0.4 is 10.6 Å². The topological polar surface area (TPSA) is 108 Å². The van der Waals surface area contributed by atoms with E-state index in [0.29, 0.717) is 0 Å². The molecule has 4 atom stereocenters. The van der Waals surface area contributed by atoms with Gasteiger partial charge in [-0.2, -0.15) is 0 Å². The molecule has 0 saturated carbocycles. The van der Waals surface area contributed by atoms with E-state index < -0.39 is 30.3 Å². The molecule has 0 aromatic carbocycles. The van der Waals surface area contributed by atoms with Gasteiger partial charge in [-0.1, -0.05) is 0 Å². The van der Waals surface area contributed by atoms with Gasteiger partial charge >= 0.3 is 5.97 Å².